The normalized spacial score (nSPS) is 19.7. The maximum absolute atomic E-state index is 13.1. The molecule has 1 aromatic carbocycles. The Morgan fingerprint density at radius 3 is 2.59 bits per heavy atom. The first kappa shape index (κ1) is 22.3. The minimum atomic E-state index is -4.38. The first-order valence-corrected chi connectivity index (χ1v) is 11.7. The first-order chi connectivity index (χ1) is 15.1. The molecule has 2 atom stereocenters. The third-order valence-electron chi connectivity index (χ3n) is 5.78. The summed E-state index contributed by atoms with van der Waals surface area (Å²) in [4.78, 5) is 16.2. The number of pyridine rings is 1. The van der Waals surface area contributed by atoms with Crippen LogP contribution >= 0.6 is 0 Å². The fraction of sp³-hybridized carbons (Fsp3) is 0.364. The van der Waals surface area contributed by atoms with Crippen molar-refractivity contribution in [3.05, 3.63) is 60.1 Å². The van der Waals surface area contributed by atoms with Crippen LogP contribution in [0.2, 0.25) is 0 Å². The molecule has 1 saturated carbocycles. The van der Waals surface area contributed by atoms with E-state index in [1.54, 1.807) is 30.5 Å². The van der Waals surface area contributed by atoms with Crippen molar-refractivity contribution in [3.8, 4) is 0 Å². The number of hydrogen-bond acceptors (Lipinski definition) is 5. The summed E-state index contributed by atoms with van der Waals surface area (Å²) in [6.45, 7) is 0.133. The van der Waals surface area contributed by atoms with E-state index in [0.29, 0.717) is 11.1 Å². The molecule has 0 aliphatic heterocycles. The molecular formula is C22H21F3N2O4S. The maximum Gasteiger partial charge on any atom is 0.391 e. The summed E-state index contributed by atoms with van der Waals surface area (Å²) in [5.74, 6) is -1.89. The smallest absolute Gasteiger partial charge is 0.391 e. The fourth-order valence-corrected chi connectivity index (χ4v) is 5.84. The summed E-state index contributed by atoms with van der Waals surface area (Å²) in [6, 6.07) is 9.15. The largest absolute Gasteiger partial charge is 0.449 e. The zero-order valence-corrected chi connectivity index (χ0v) is 17.7. The predicted molar refractivity (Wildman–Crippen MR) is 111 cm³/mol. The summed E-state index contributed by atoms with van der Waals surface area (Å²) in [5, 5.41) is 2.39. The van der Waals surface area contributed by atoms with Crippen LogP contribution in [0.15, 0.2) is 58.1 Å². The molecule has 0 saturated heterocycles. The molecule has 1 amide bonds. The third-order valence-corrected chi connectivity index (χ3v) is 8.01. The van der Waals surface area contributed by atoms with Crippen molar-refractivity contribution in [2.45, 2.75) is 48.5 Å². The Bertz CT molecular complexity index is 1190. The van der Waals surface area contributed by atoms with Crippen LogP contribution in [0.5, 0.6) is 0 Å². The molecule has 1 fully saturated rings. The summed E-state index contributed by atoms with van der Waals surface area (Å²) in [7, 11) is -3.87. The number of furan rings is 1. The number of halogens is 3. The van der Waals surface area contributed by atoms with Gasteiger partial charge in [0.15, 0.2) is 21.2 Å². The summed E-state index contributed by atoms with van der Waals surface area (Å²) in [6.07, 6.45) is -1.27. The number of carbonyl (C=O) groups is 1. The van der Waals surface area contributed by atoms with E-state index in [1.165, 1.54) is 18.3 Å². The molecule has 4 rings (SSSR count). The molecule has 2 unspecified atom stereocenters. The maximum atomic E-state index is 13.1. The quantitative estimate of drug-likeness (QED) is 0.591. The average Bonchev–Trinajstić information content (AvgIpc) is 3.22. The summed E-state index contributed by atoms with van der Waals surface area (Å²) in [5.41, 5.74) is 1.13. The Kier molecular flexibility index (Phi) is 5.98. The van der Waals surface area contributed by atoms with Gasteiger partial charge in [-0.1, -0.05) is 18.6 Å². The van der Waals surface area contributed by atoms with Gasteiger partial charge in [-0.15, -0.1) is 0 Å². The number of aromatic nitrogens is 1. The predicted octanol–water partition coefficient (Wildman–Crippen LogP) is 4.65. The van der Waals surface area contributed by atoms with E-state index in [2.05, 4.69) is 10.3 Å². The van der Waals surface area contributed by atoms with Crippen LogP contribution in [0, 0.1) is 5.92 Å². The van der Waals surface area contributed by atoms with Gasteiger partial charge in [0.05, 0.1) is 22.3 Å². The molecular weight excluding hydrogens is 445 g/mol. The van der Waals surface area contributed by atoms with Gasteiger partial charge < -0.3 is 9.73 Å². The van der Waals surface area contributed by atoms with E-state index in [9.17, 15) is 26.4 Å². The molecule has 3 aromatic rings. The number of carbonyl (C=O) groups excluding carboxylic acids is 1. The van der Waals surface area contributed by atoms with Crippen molar-refractivity contribution in [1.29, 1.82) is 0 Å². The van der Waals surface area contributed by atoms with Gasteiger partial charge in [-0.05, 0) is 49.1 Å². The van der Waals surface area contributed by atoms with Crippen molar-refractivity contribution in [2.24, 2.45) is 5.92 Å². The molecule has 0 spiro atoms. The second-order valence-electron chi connectivity index (χ2n) is 7.92. The minimum absolute atomic E-state index is 0.00909. The second kappa shape index (κ2) is 8.57. The second-order valence-corrected chi connectivity index (χ2v) is 10.2. The highest BCUT2D eigenvalue weighted by atomic mass is 32.2. The van der Waals surface area contributed by atoms with E-state index in [1.807, 2.05) is 0 Å². The molecule has 32 heavy (non-hydrogen) atoms. The number of sulfone groups is 1. The monoisotopic (exact) mass is 466 g/mol. The van der Waals surface area contributed by atoms with Crippen molar-refractivity contribution in [3.63, 3.8) is 0 Å². The zero-order chi connectivity index (χ0) is 22.9. The van der Waals surface area contributed by atoms with E-state index in [-0.39, 0.29) is 36.5 Å². The van der Waals surface area contributed by atoms with Gasteiger partial charge in [0.1, 0.15) is 0 Å². The van der Waals surface area contributed by atoms with E-state index >= 15 is 0 Å². The van der Waals surface area contributed by atoms with Gasteiger partial charge in [0.25, 0.3) is 5.91 Å². The molecule has 1 aliphatic carbocycles. The van der Waals surface area contributed by atoms with Crippen LogP contribution in [-0.2, 0) is 16.4 Å². The van der Waals surface area contributed by atoms with Crippen LogP contribution in [0.4, 0.5) is 13.2 Å². The molecule has 0 radical (unpaired) electrons. The highest BCUT2D eigenvalue weighted by Gasteiger charge is 2.45. The molecule has 2 aromatic heterocycles. The van der Waals surface area contributed by atoms with Gasteiger partial charge in [-0.3, -0.25) is 9.78 Å². The van der Waals surface area contributed by atoms with Crippen LogP contribution in [0.1, 0.15) is 41.8 Å². The molecule has 0 bridgehead atoms. The lowest BCUT2D eigenvalue weighted by molar-refractivity contribution is -0.181. The van der Waals surface area contributed by atoms with Crippen molar-refractivity contribution in [2.75, 3.05) is 0 Å². The lowest BCUT2D eigenvalue weighted by Crippen LogP contribution is -2.35. The number of nitrogens with one attached hydrogen (secondary N) is 1. The summed E-state index contributed by atoms with van der Waals surface area (Å²) >= 11 is 0. The number of hydrogen-bond donors (Lipinski definition) is 1. The van der Waals surface area contributed by atoms with E-state index in [0.717, 1.165) is 5.39 Å². The SMILES string of the molecule is O=C(NCc1ccc(S(=O)(=O)C2CCCC(C(F)(F)F)C2)cc1)c1cc2ccncc2o1. The summed E-state index contributed by atoms with van der Waals surface area (Å²) < 4.78 is 70.3. The Hall–Kier alpha value is -2.88. The van der Waals surface area contributed by atoms with Gasteiger partial charge in [-0.25, -0.2) is 8.42 Å². The Balaban J connectivity index is 1.40. The van der Waals surface area contributed by atoms with Crippen LogP contribution in [0.25, 0.3) is 11.0 Å². The highest BCUT2D eigenvalue weighted by Crippen LogP contribution is 2.40. The van der Waals surface area contributed by atoms with Crippen LogP contribution < -0.4 is 5.32 Å². The molecule has 170 valence electrons. The standard InChI is InChI=1S/C22H21F3N2O4S/c23-22(24,25)16-2-1-3-18(11-16)32(29,30)17-6-4-14(5-7-17)12-27-21(28)19-10-15-8-9-26-13-20(15)31-19/h4-10,13,16,18H,1-3,11-12H2,(H,27,28). The number of benzene rings is 1. The number of alkyl halides is 3. The third kappa shape index (κ3) is 4.64. The first-order valence-electron chi connectivity index (χ1n) is 10.2. The van der Waals surface area contributed by atoms with Gasteiger partial charge >= 0.3 is 6.18 Å². The van der Waals surface area contributed by atoms with Gasteiger partial charge in [-0.2, -0.15) is 13.2 Å². The number of rotatable bonds is 5. The Morgan fingerprint density at radius 1 is 1.16 bits per heavy atom. The topological polar surface area (TPSA) is 89.3 Å². The molecule has 1 N–H and O–H groups in total. The Morgan fingerprint density at radius 2 is 1.91 bits per heavy atom. The van der Waals surface area contributed by atoms with E-state index in [4.69, 9.17) is 4.42 Å². The highest BCUT2D eigenvalue weighted by molar-refractivity contribution is 7.92. The van der Waals surface area contributed by atoms with Crippen LogP contribution in [-0.4, -0.2) is 30.7 Å². The lowest BCUT2D eigenvalue weighted by atomic mass is 9.88. The van der Waals surface area contributed by atoms with Crippen molar-refractivity contribution < 1.29 is 30.8 Å². The van der Waals surface area contributed by atoms with E-state index < -0.39 is 39.5 Å². The fourth-order valence-electron chi connectivity index (χ4n) is 3.98. The van der Waals surface area contributed by atoms with Crippen molar-refractivity contribution in [1.82, 2.24) is 10.3 Å². The number of amides is 1. The molecule has 2 heterocycles. The van der Waals surface area contributed by atoms with Crippen LogP contribution in [0.3, 0.4) is 0 Å². The lowest BCUT2D eigenvalue weighted by Gasteiger charge is -2.30. The van der Waals surface area contributed by atoms with Gasteiger partial charge in [0, 0.05) is 18.1 Å². The number of nitrogens with zero attached hydrogens (tertiary/aromatic N) is 1. The minimum Gasteiger partial charge on any atom is -0.449 e. The molecule has 6 nitrogen and oxygen atoms in total. The molecule has 1 aliphatic rings. The van der Waals surface area contributed by atoms with Gasteiger partial charge in [0.2, 0.25) is 0 Å². The molecule has 10 heteroatoms. The average molecular weight is 466 g/mol. The number of fused-ring (bicyclic) bond motifs is 1. The van der Waals surface area contributed by atoms with Crippen molar-refractivity contribution >= 4 is 26.7 Å². The Labute approximate surface area is 182 Å². The zero-order valence-electron chi connectivity index (χ0n) is 16.9.